The summed E-state index contributed by atoms with van der Waals surface area (Å²) in [5.41, 5.74) is 1.73. The van der Waals surface area contributed by atoms with Crippen LogP contribution < -0.4 is 10.1 Å². The summed E-state index contributed by atoms with van der Waals surface area (Å²) in [5, 5.41) is 3.46. The van der Waals surface area contributed by atoms with Gasteiger partial charge in [-0.05, 0) is 52.3 Å². The highest BCUT2D eigenvalue weighted by Gasteiger charge is 2.26. The summed E-state index contributed by atoms with van der Waals surface area (Å²) in [6, 6.07) is 6.33. The smallest absolute Gasteiger partial charge is 0.257 e. The zero-order chi connectivity index (χ0) is 15.4. The number of nitrogens with zero attached hydrogens (tertiary/aromatic N) is 1. The molecule has 0 aromatic heterocycles. The van der Waals surface area contributed by atoms with Crippen LogP contribution in [-0.4, -0.2) is 43.1 Å². The lowest BCUT2D eigenvalue weighted by atomic mass is 10.1. The molecule has 0 spiro atoms. The lowest BCUT2D eigenvalue weighted by Crippen LogP contribution is -2.44. The quantitative estimate of drug-likeness (QED) is 0.906. The maximum Gasteiger partial charge on any atom is 0.257 e. The van der Waals surface area contributed by atoms with Gasteiger partial charge in [-0.15, -0.1) is 0 Å². The Bertz CT molecular complexity index is 494. The molecular weight excluding hydrogens is 264 g/mol. The Morgan fingerprint density at radius 3 is 2.81 bits per heavy atom. The third-order valence-corrected chi connectivity index (χ3v) is 4.05. The van der Waals surface area contributed by atoms with Gasteiger partial charge in [0.2, 0.25) is 0 Å². The number of aryl methyl sites for hydroxylation is 1. The van der Waals surface area contributed by atoms with E-state index in [9.17, 15) is 4.79 Å². The van der Waals surface area contributed by atoms with E-state index in [0.717, 1.165) is 25.1 Å². The molecule has 116 valence electrons. The summed E-state index contributed by atoms with van der Waals surface area (Å²) in [5.74, 6) is 0.704. The summed E-state index contributed by atoms with van der Waals surface area (Å²) in [6.07, 6.45) is 2.33. The van der Waals surface area contributed by atoms with Gasteiger partial charge in [0.05, 0.1) is 12.7 Å². The van der Waals surface area contributed by atoms with Gasteiger partial charge in [0.1, 0.15) is 5.75 Å². The van der Waals surface area contributed by atoms with Crippen LogP contribution in [0.4, 0.5) is 0 Å². The molecule has 4 nitrogen and oxygen atoms in total. The molecule has 4 heteroatoms. The molecule has 1 amide bonds. The van der Waals surface area contributed by atoms with E-state index in [0.29, 0.717) is 17.4 Å². The molecule has 1 aromatic carbocycles. The molecule has 0 aliphatic carbocycles. The highest BCUT2D eigenvalue weighted by molar-refractivity contribution is 5.97. The second kappa shape index (κ2) is 6.94. The van der Waals surface area contributed by atoms with Gasteiger partial charge >= 0.3 is 0 Å². The Kier molecular flexibility index (Phi) is 5.23. The molecule has 1 aromatic rings. The average Bonchev–Trinajstić information content (AvgIpc) is 2.96. The summed E-state index contributed by atoms with van der Waals surface area (Å²) < 4.78 is 5.36. The molecule has 1 N–H and O–H groups in total. The van der Waals surface area contributed by atoms with Crippen LogP contribution in [0.2, 0.25) is 0 Å². The number of hydrogen-bond donors (Lipinski definition) is 1. The van der Waals surface area contributed by atoms with Gasteiger partial charge in [-0.2, -0.15) is 0 Å². The van der Waals surface area contributed by atoms with Crippen LogP contribution in [0.15, 0.2) is 18.2 Å². The zero-order valence-corrected chi connectivity index (χ0v) is 13.5. The first-order chi connectivity index (χ1) is 10.0. The van der Waals surface area contributed by atoms with Gasteiger partial charge in [0, 0.05) is 18.6 Å². The molecule has 0 radical (unpaired) electrons. The lowest BCUT2D eigenvalue weighted by Gasteiger charge is -2.30. The van der Waals surface area contributed by atoms with Crippen molar-refractivity contribution in [2.45, 2.75) is 45.7 Å². The van der Waals surface area contributed by atoms with Gasteiger partial charge in [-0.3, -0.25) is 4.79 Å². The average molecular weight is 290 g/mol. The third-order valence-electron chi connectivity index (χ3n) is 4.05. The standard InChI is InChI=1S/C17H26N2O2/c1-12(2)19(11-14-6-5-9-18-14)17(20)15-10-13(3)7-8-16(15)21-4/h7-8,10,12,14,18H,5-6,9,11H2,1-4H3. The minimum absolute atomic E-state index is 0.0549. The van der Waals surface area contributed by atoms with E-state index in [2.05, 4.69) is 19.2 Å². The number of rotatable bonds is 5. The molecule has 1 fully saturated rings. The van der Waals surface area contributed by atoms with Gasteiger partial charge in [-0.1, -0.05) is 11.6 Å². The van der Waals surface area contributed by atoms with Crippen molar-refractivity contribution in [3.8, 4) is 5.75 Å². The van der Waals surface area contributed by atoms with Crippen molar-refractivity contribution in [2.24, 2.45) is 0 Å². The minimum atomic E-state index is 0.0549. The van der Waals surface area contributed by atoms with Crippen molar-refractivity contribution in [3.63, 3.8) is 0 Å². The van der Waals surface area contributed by atoms with E-state index in [1.54, 1.807) is 7.11 Å². The molecule has 1 aliphatic heterocycles. The molecule has 1 heterocycles. The number of hydrogen-bond acceptors (Lipinski definition) is 3. The van der Waals surface area contributed by atoms with E-state index in [1.807, 2.05) is 30.0 Å². The number of amides is 1. The minimum Gasteiger partial charge on any atom is -0.496 e. The van der Waals surface area contributed by atoms with Crippen LogP contribution in [0.5, 0.6) is 5.75 Å². The van der Waals surface area contributed by atoms with Crippen LogP contribution in [-0.2, 0) is 0 Å². The van der Waals surface area contributed by atoms with Gasteiger partial charge in [0.15, 0.2) is 0 Å². The van der Waals surface area contributed by atoms with Crippen molar-refractivity contribution in [1.82, 2.24) is 10.2 Å². The zero-order valence-electron chi connectivity index (χ0n) is 13.5. The van der Waals surface area contributed by atoms with Crippen molar-refractivity contribution >= 4 is 5.91 Å². The van der Waals surface area contributed by atoms with Gasteiger partial charge < -0.3 is 15.0 Å². The second-order valence-electron chi connectivity index (χ2n) is 6.05. The number of carbonyl (C=O) groups excluding carboxylic acids is 1. The fraction of sp³-hybridized carbons (Fsp3) is 0.588. The largest absolute Gasteiger partial charge is 0.496 e. The molecule has 1 unspecified atom stereocenters. The lowest BCUT2D eigenvalue weighted by molar-refractivity contribution is 0.0685. The molecule has 0 bridgehead atoms. The molecule has 1 atom stereocenters. The Morgan fingerprint density at radius 1 is 1.48 bits per heavy atom. The van der Waals surface area contributed by atoms with Crippen molar-refractivity contribution in [2.75, 3.05) is 20.2 Å². The highest BCUT2D eigenvalue weighted by Crippen LogP contribution is 2.23. The Hall–Kier alpha value is -1.55. The van der Waals surface area contributed by atoms with Crippen molar-refractivity contribution < 1.29 is 9.53 Å². The van der Waals surface area contributed by atoms with Crippen LogP contribution in [0, 0.1) is 6.92 Å². The Morgan fingerprint density at radius 2 is 2.24 bits per heavy atom. The fourth-order valence-corrected chi connectivity index (χ4v) is 2.82. The van der Waals surface area contributed by atoms with Crippen LogP contribution in [0.25, 0.3) is 0 Å². The Labute approximate surface area is 127 Å². The van der Waals surface area contributed by atoms with Crippen LogP contribution >= 0.6 is 0 Å². The molecule has 1 aliphatic rings. The summed E-state index contributed by atoms with van der Waals surface area (Å²) in [7, 11) is 1.61. The second-order valence-corrected chi connectivity index (χ2v) is 6.05. The van der Waals surface area contributed by atoms with E-state index in [1.165, 1.54) is 6.42 Å². The number of methoxy groups -OCH3 is 1. The van der Waals surface area contributed by atoms with E-state index >= 15 is 0 Å². The number of nitrogens with one attached hydrogen (secondary N) is 1. The monoisotopic (exact) mass is 290 g/mol. The molecule has 2 rings (SSSR count). The predicted molar refractivity (Wildman–Crippen MR) is 84.9 cm³/mol. The first-order valence-corrected chi connectivity index (χ1v) is 7.72. The SMILES string of the molecule is COc1ccc(C)cc1C(=O)N(CC1CCCN1)C(C)C. The predicted octanol–water partition coefficient (Wildman–Crippen LogP) is 2.61. The molecule has 21 heavy (non-hydrogen) atoms. The number of benzene rings is 1. The summed E-state index contributed by atoms with van der Waals surface area (Å²) in [4.78, 5) is 14.9. The van der Waals surface area contributed by atoms with Crippen LogP contribution in [0.1, 0.15) is 42.6 Å². The first-order valence-electron chi connectivity index (χ1n) is 7.72. The normalized spacial score (nSPS) is 18.0. The van der Waals surface area contributed by atoms with Gasteiger partial charge in [-0.25, -0.2) is 0 Å². The first kappa shape index (κ1) is 15.8. The molecule has 0 saturated carbocycles. The molecule has 1 saturated heterocycles. The Balaban J connectivity index is 2.23. The number of carbonyl (C=O) groups is 1. The third kappa shape index (κ3) is 3.76. The number of ether oxygens (including phenoxy) is 1. The highest BCUT2D eigenvalue weighted by atomic mass is 16.5. The maximum absolute atomic E-state index is 12.9. The van der Waals surface area contributed by atoms with Crippen molar-refractivity contribution in [3.05, 3.63) is 29.3 Å². The van der Waals surface area contributed by atoms with Crippen molar-refractivity contribution in [1.29, 1.82) is 0 Å². The maximum atomic E-state index is 12.9. The van der Waals surface area contributed by atoms with E-state index < -0.39 is 0 Å². The summed E-state index contributed by atoms with van der Waals surface area (Å²) >= 11 is 0. The fourth-order valence-electron chi connectivity index (χ4n) is 2.82. The van der Waals surface area contributed by atoms with Crippen LogP contribution in [0.3, 0.4) is 0 Å². The van der Waals surface area contributed by atoms with E-state index in [4.69, 9.17) is 4.74 Å². The van der Waals surface area contributed by atoms with E-state index in [-0.39, 0.29) is 11.9 Å². The van der Waals surface area contributed by atoms with Gasteiger partial charge in [0.25, 0.3) is 5.91 Å². The summed E-state index contributed by atoms with van der Waals surface area (Å²) in [6.45, 7) is 7.94. The topological polar surface area (TPSA) is 41.6 Å². The molecular formula is C17H26N2O2.